The molecule has 1 aromatic carbocycles. The van der Waals surface area contributed by atoms with Crippen LogP contribution in [0.4, 0.5) is 0 Å². The van der Waals surface area contributed by atoms with Crippen molar-refractivity contribution in [1.82, 2.24) is 10.1 Å². The van der Waals surface area contributed by atoms with Gasteiger partial charge in [0.2, 0.25) is 0 Å². The van der Waals surface area contributed by atoms with Crippen LogP contribution in [0.3, 0.4) is 0 Å². The van der Waals surface area contributed by atoms with Gasteiger partial charge in [-0.25, -0.2) is 0 Å². The zero-order valence-corrected chi connectivity index (χ0v) is 10.4. The van der Waals surface area contributed by atoms with Gasteiger partial charge in [-0.3, -0.25) is 0 Å². The maximum absolute atomic E-state index is 9.35. The molecule has 96 valence electrons. The third-order valence-electron chi connectivity index (χ3n) is 2.41. The van der Waals surface area contributed by atoms with Crippen LogP contribution in [0.1, 0.15) is 18.9 Å². The molecule has 18 heavy (non-hydrogen) atoms. The first-order valence-corrected chi connectivity index (χ1v) is 5.39. The highest BCUT2D eigenvalue weighted by atomic mass is 16.5. The molecule has 6 heteroatoms. The predicted octanol–water partition coefficient (Wildman–Crippen LogP) is 1.81. The second kappa shape index (κ2) is 5.05. The molecule has 2 aromatic rings. The summed E-state index contributed by atoms with van der Waals surface area (Å²) in [4.78, 5) is 4.09. The number of ether oxygens (including phenoxy) is 2. The molecular formula is C12H14N2O4. The second-order valence-electron chi connectivity index (χ2n) is 3.74. The van der Waals surface area contributed by atoms with Gasteiger partial charge in [0, 0.05) is 11.6 Å². The molecule has 1 aromatic heterocycles. The Hall–Kier alpha value is -2.08. The van der Waals surface area contributed by atoms with Crippen LogP contribution in [-0.4, -0.2) is 29.5 Å². The SMILES string of the molecule is COc1cc(OC)cc(-c2nc(C(C)O)no2)c1. The van der Waals surface area contributed by atoms with E-state index in [1.165, 1.54) is 0 Å². The first-order valence-electron chi connectivity index (χ1n) is 5.39. The van der Waals surface area contributed by atoms with Crippen LogP contribution in [0.2, 0.25) is 0 Å². The van der Waals surface area contributed by atoms with Crippen LogP contribution in [-0.2, 0) is 0 Å². The number of aliphatic hydroxyl groups excluding tert-OH is 1. The fraction of sp³-hybridized carbons (Fsp3) is 0.333. The second-order valence-corrected chi connectivity index (χ2v) is 3.74. The molecular weight excluding hydrogens is 236 g/mol. The maximum Gasteiger partial charge on any atom is 0.258 e. The van der Waals surface area contributed by atoms with E-state index < -0.39 is 6.10 Å². The van der Waals surface area contributed by atoms with E-state index in [0.717, 1.165) is 0 Å². The topological polar surface area (TPSA) is 77.6 Å². The lowest BCUT2D eigenvalue weighted by Crippen LogP contribution is -1.93. The van der Waals surface area contributed by atoms with E-state index in [-0.39, 0.29) is 5.82 Å². The molecule has 0 fully saturated rings. The lowest BCUT2D eigenvalue weighted by Gasteiger charge is -2.05. The molecule has 1 unspecified atom stereocenters. The quantitative estimate of drug-likeness (QED) is 0.891. The van der Waals surface area contributed by atoms with Crippen molar-refractivity contribution in [1.29, 1.82) is 0 Å². The first kappa shape index (κ1) is 12.4. The average molecular weight is 250 g/mol. The van der Waals surface area contributed by atoms with Crippen LogP contribution in [0.25, 0.3) is 11.5 Å². The van der Waals surface area contributed by atoms with Crippen molar-refractivity contribution in [3.05, 3.63) is 24.0 Å². The fourth-order valence-electron chi connectivity index (χ4n) is 1.45. The molecule has 0 aliphatic rings. The van der Waals surface area contributed by atoms with Crippen molar-refractivity contribution < 1.29 is 19.1 Å². The van der Waals surface area contributed by atoms with Gasteiger partial charge in [-0.05, 0) is 19.1 Å². The minimum atomic E-state index is -0.769. The molecule has 0 bridgehead atoms. The monoisotopic (exact) mass is 250 g/mol. The molecule has 0 spiro atoms. The number of methoxy groups -OCH3 is 2. The van der Waals surface area contributed by atoms with Crippen molar-refractivity contribution >= 4 is 0 Å². The number of nitrogens with zero attached hydrogens (tertiary/aromatic N) is 2. The largest absolute Gasteiger partial charge is 0.497 e. The lowest BCUT2D eigenvalue weighted by atomic mass is 10.2. The van der Waals surface area contributed by atoms with Crippen LogP contribution >= 0.6 is 0 Å². The van der Waals surface area contributed by atoms with E-state index in [9.17, 15) is 5.11 Å². The summed E-state index contributed by atoms with van der Waals surface area (Å²) >= 11 is 0. The molecule has 0 saturated heterocycles. The molecule has 0 saturated carbocycles. The Kier molecular flexibility index (Phi) is 3.47. The van der Waals surface area contributed by atoms with Gasteiger partial charge >= 0.3 is 0 Å². The fourth-order valence-corrected chi connectivity index (χ4v) is 1.45. The summed E-state index contributed by atoms with van der Waals surface area (Å²) in [5.74, 6) is 1.80. The minimum Gasteiger partial charge on any atom is -0.497 e. The van der Waals surface area contributed by atoms with E-state index in [1.807, 2.05) is 0 Å². The Morgan fingerprint density at radius 2 is 1.78 bits per heavy atom. The zero-order chi connectivity index (χ0) is 13.1. The summed E-state index contributed by atoms with van der Waals surface area (Å²) in [6.45, 7) is 1.57. The van der Waals surface area contributed by atoms with Gasteiger partial charge in [0.15, 0.2) is 5.82 Å². The summed E-state index contributed by atoms with van der Waals surface area (Å²) in [7, 11) is 3.13. The lowest BCUT2D eigenvalue weighted by molar-refractivity contribution is 0.184. The highest BCUT2D eigenvalue weighted by Crippen LogP contribution is 2.29. The maximum atomic E-state index is 9.35. The number of rotatable bonds is 4. The van der Waals surface area contributed by atoms with Crippen molar-refractivity contribution in [2.45, 2.75) is 13.0 Å². The highest BCUT2D eigenvalue weighted by Gasteiger charge is 2.14. The molecule has 1 atom stereocenters. The van der Waals surface area contributed by atoms with Crippen molar-refractivity contribution in [2.24, 2.45) is 0 Å². The summed E-state index contributed by atoms with van der Waals surface area (Å²) in [6, 6.07) is 5.25. The first-order chi connectivity index (χ1) is 8.63. The Bertz CT molecular complexity index is 514. The summed E-state index contributed by atoms with van der Waals surface area (Å²) in [5, 5.41) is 13.0. The van der Waals surface area contributed by atoms with Crippen molar-refractivity contribution in [3.8, 4) is 23.0 Å². The van der Waals surface area contributed by atoms with E-state index in [4.69, 9.17) is 14.0 Å². The Labute approximate surface area is 104 Å². The van der Waals surface area contributed by atoms with E-state index in [2.05, 4.69) is 10.1 Å². The molecule has 0 radical (unpaired) electrons. The molecule has 2 rings (SSSR count). The normalized spacial score (nSPS) is 12.2. The number of aromatic nitrogens is 2. The summed E-state index contributed by atoms with van der Waals surface area (Å²) in [5.41, 5.74) is 0.672. The number of hydrogen-bond donors (Lipinski definition) is 1. The van der Waals surface area contributed by atoms with Gasteiger partial charge in [0.1, 0.15) is 17.6 Å². The Balaban J connectivity index is 2.42. The molecule has 6 nitrogen and oxygen atoms in total. The number of hydrogen-bond acceptors (Lipinski definition) is 6. The Morgan fingerprint density at radius 1 is 1.17 bits per heavy atom. The molecule has 1 N–H and O–H groups in total. The average Bonchev–Trinajstić information content (AvgIpc) is 2.87. The van der Waals surface area contributed by atoms with E-state index in [0.29, 0.717) is 23.0 Å². The van der Waals surface area contributed by atoms with Crippen molar-refractivity contribution in [2.75, 3.05) is 14.2 Å². The molecule has 1 heterocycles. The van der Waals surface area contributed by atoms with Gasteiger partial charge in [0.05, 0.1) is 14.2 Å². The highest BCUT2D eigenvalue weighted by molar-refractivity contribution is 5.59. The smallest absolute Gasteiger partial charge is 0.258 e. The van der Waals surface area contributed by atoms with Gasteiger partial charge in [-0.2, -0.15) is 4.98 Å². The third kappa shape index (κ3) is 2.43. The zero-order valence-electron chi connectivity index (χ0n) is 10.4. The van der Waals surface area contributed by atoms with Crippen LogP contribution in [0, 0.1) is 0 Å². The summed E-state index contributed by atoms with van der Waals surface area (Å²) < 4.78 is 15.4. The summed E-state index contributed by atoms with van der Waals surface area (Å²) in [6.07, 6.45) is -0.769. The van der Waals surface area contributed by atoms with E-state index in [1.54, 1.807) is 39.3 Å². The standard InChI is InChI=1S/C12H14N2O4/c1-7(15)11-13-12(18-14-11)8-4-9(16-2)6-10(5-8)17-3/h4-7,15H,1-3H3. The van der Waals surface area contributed by atoms with Gasteiger partial charge in [-0.15, -0.1) is 0 Å². The van der Waals surface area contributed by atoms with Crippen molar-refractivity contribution in [3.63, 3.8) is 0 Å². The molecule has 0 aliphatic carbocycles. The van der Waals surface area contributed by atoms with Crippen LogP contribution in [0.15, 0.2) is 22.7 Å². The van der Waals surface area contributed by atoms with Crippen LogP contribution < -0.4 is 9.47 Å². The number of benzene rings is 1. The van der Waals surface area contributed by atoms with Crippen LogP contribution in [0.5, 0.6) is 11.5 Å². The molecule has 0 aliphatic heterocycles. The molecule has 0 amide bonds. The van der Waals surface area contributed by atoms with Gasteiger partial charge < -0.3 is 19.1 Å². The number of aliphatic hydroxyl groups is 1. The third-order valence-corrected chi connectivity index (χ3v) is 2.41. The minimum absolute atomic E-state index is 0.242. The van der Waals surface area contributed by atoms with Gasteiger partial charge in [0.25, 0.3) is 5.89 Å². The predicted molar refractivity (Wildman–Crippen MR) is 63.5 cm³/mol. The van der Waals surface area contributed by atoms with E-state index >= 15 is 0 Å². The van der Waals surface area contributed by atoms with Gasteiger partial charge in [-0.1, -0.05) is 5.16 Å². The Morgan fingerprint density at radius 3 is 2.22 bits per heavy atom.